The molecule has 0 aliphatic heterocycles. The molecule has 1 N–H and O–H groups in total. The summed E-state index contributed by atoms with van der Waals surface area (Å²) in [7, 11) is -3.56. The number of anilines is 1. The first-order valence-corrected chi connectivity index (χ1v) is 9.96. The van der Waals surface area contributed by atoms with Crippen LogP contribution in [0.25, 0.3) is 0 Å². The van der Waals surface area contributed by atoms with Crippen LogP contribution in [-0.2, 0) is 14.8 Å². The fourth-order valence-corrected chi connectivity index (χ4v) is 4.01. The van der Waals surface area contributed by atoms with Gasteiger partial charge in [-0.15, -0.1) is 11.6 Å². The van der Waals surface area contributed by atoms with Crippen LogP contribution in [0.1, 0.15) is 34.6 Å². The summed E-state index contributed by atoms with van der Waals surface area (Å²) in [5, 5.41) is 1.98. The van der Waals surface area contributed by atoms with Crippen molar-refractivity contribution in [3.05, 3.63) is 24.3 Å². The highest BCUT2D eigenvalue weighted by atomic mass is 35.5. The van der Waals surface area contributed by atoms with Crippen LogP contribution in [-0.4, -0.2) is 37.1 Å². The summed E-state index contributed by atoms with van der Waals surface area (Å²) in [6.07, 6.45) is 0. The average Bonchev–Trinajstić information content (AvgIpc) is 2.46. The summed E-state index contributed by atoms with van der Waals surface area (Å²) in [4.78, 5) is 11.8. The van der Waals surface area contributed by atoms with E-state index in [0.29, 0.717) is 18.8 Å². The van der Waals surface area contributed by atoms with E-state index in [1.54, 1.807) is 19.1 Å². The van der Waals surface area contributed by atoms with Crippen LogP contribution in [0.2, 0.25) is 0 Å². The third-order valence-electron chi connectivity index (χ3n) is 3.26. The topological polar surface area (TPSA) is 66.5 Å². The molecule has 0 unspecified atom stereocenters. The molecule has 0 saturated carbocycles. The van der Waals surface area contributed by atoms with Gasteiger partial charge in [0.1, 0.15) is 5.38 Å². The maximum atomic E-state index is 12.9. The number of amides is 1. The normalized spacial score (nSPS) is 13.5. The summed E-state index contributed by atoms with van der Waals surface area (Å²) in [6.45, 7) is 10.5. The molecule has 1 atom stereocenters. The zero-order valence-corrected chi connectivity index (χ0v) is 16.5. The number of sulfonamides is 1. The smallest absolute Gasteiger partial charge is 0.243 e. The monoisotopic (exact) mass is 374 g/mol. The number of nitrogens with one attached hydrogen (secondary N) is 1. The lowest BCUT2D eigenvalue weighted by molar-refractivity contribution is -0.115. The second-order valence-corrected chi connectivity index (χ2v) is 9.33. The molecular formula is C17H27ClN2O3S. The lowest BCUT2D eigenvalue weighted by atomic mass is 10.2. The molecule has 0 saturated heterocycles. The van der Waals surface area contributed by atoms with Crippen molar-refractivity contribution in [1.29, 1.82) is 0 Å². The number of carbonyl (C=O) groups excluding carboxylic acids is 1. The van der Waals surface area contributed by atoms with Crippen molar-refractivity contribution in [2.75, 3.05) is 18.4 Å². The van der Waals surface area contributed by atoms with E-state index in [4.69, 9.17) is 11.6 Å². The minimum Gasteiger partial charge on any atom is -0.325 e. The fourth-order valence-electron chi connectivity index (χ4n) is 2.19. The van der Waals surface area contributed by atoms with Crippen LogP contribution in [0, 0.1) is 11.8 Å². The van der Waals surface area contributed by atoms with Crippen molar-refractivity contribution in [3.63, 3.8) is 0 Å². The van der Waals surface area contributed by atoms with Crippen LogP contribution in [0.3, 0.4) is 0 Å². The van der Waals surface area contributed by atoms with Crippen LogP contribution < -0.4 is 5.32 Å². The van der Waals surface area contributed by atoms with E-state index in [1.807, 2.05) is 27.7 Å². The van der Waals surface area contributed by atoms with Crippen LogP contribution >= 0.6 is 11.6 Å². The van der Waals surface area contributed by atoms with Crippen LogP contribution in [0.5, 0.6) is 0 Å². The van der Waals surface area contributed by atoms with Crippen molar-refractivity contribution in [3.8, 4) is 0 Å². The SMILES string of the molecule is CC(C)CN(CC(C)C)S(=O)(=O)c1ccc(NC(=O)[C@@H](C)Cl)cc1. The first kappa shape index (κ1) is 20.9. The van der Waals surface area contributed by atoms with Gasteiger partial charge in [0.05, 0.1) is 4.90 Å². The Labute approximate surface area is 150 Å². The van der Waals surface area contributed by atoms with Gasteiger partial charge in [-0.3, -0.25) is 4.79 Å². The Morgan fingerprint density at radius 2 is 1.50 bits per heavy atom. The van der Waals surface area contributed by atoms with E-state index < -0.39 is 15.4 Å². The minimum absolute atomic E-state index is 0.223. The highest BCUT2D eigenvalue weighted by Crippen LogP contribution is 2.21. The predicted molar refractivity (Wildman–Crippen MR) is 98.8 cm³/mol. The first-order chi connectivity index (χ1) is 11.0. The lowest BCUT2D eigenvalue weighted by Gasteiger charge is -2.25. The number of alkyl halides is 1. The summed E-state index contributed by atoms with van der Waals surface area (Å²) >= 11 is 5.71. The first-order valence-electron chi connectivity index (χ1n) is 8.09. The zero-order chi connectivity index (χ0) is 18.5. The molecule has 24 heavy (non-hydrogen) atoms. The van der Waals surface area contributed by atoms with Gasteiger partial charge in [-0.1, -0.05) is 27.7 Å². The molecule has 0 bridgehead atoms. The molecule has 1 aromatic carbocycles. The molecule has 5 nitrogen and oxygen atoms in total. The molecule has 136 valence electrons. The van der Waals surface area contributed by atoms with Crippen molar-refractivity contribution in [2.24, 2.45) is 11.8 Å². The maximum absolute atomic E-state index is 12.9. The quantitative estimate of drug-likeness (QED) is 0.707. The van der Waals surface area contributed by atoms with E-state index in [2.05, 4.69) is 5.32 Å². The molecule has 7 heteroatoms. The molecule has 1 amide bonds. The minimum atomic E-state index is -3.56. The van der Waals surface area contributed by atoms with Crippen molar-refractivity contribution >= 4 is 33.2 Å². The molecule has 0 aromatic heterocycles. The molecule has 0 heterocycles. The van der Waals surface area contributed by atoms with Crippen molar-refractivity contribution < 1.29 is 13.2 Å². The van der Waals surface area contributed by atoms with Gasteiger partial charge in [-0.25, -0.2) is 8.42 Å². The Kier molecular flexibility index (Phi) is 7.70. The molecule has 0 aliphatic rings. The highest BCUT2D eigenvalue weighted by Gasteiger charge is 2.25. The predicted octanol–water partition coefficient (Wildman–Crippen LogP) is 3.56. The summed E-state index contributed by atoms with van der Waals surface area (Å²) in [5.41, 5.74) is 0.519. The molecular weight excluding hydrogens is 348 g/mol. The standard InChI is InChI=1S/C17H27ClN2O3S/c1-12(2)10-20(11-13(3)4)24(22,23)16-8-6-15(7-9-16)19-17(21)14(5)18/h6-9,12-14H,10-11H2,1-5H3,(H,19,21)/t14-/m1/s1. The Bertz CT molecular complexity index is 630. The molecule has 1 aromatic rings. The zero-order valence-electron chi connectivity index (χ0n) is 14.9. The molecule has 1 rings (SSSR count). The number of halogens is 1. The fraction of sp³-hybridized carbons (Fsp3) is 0.588. The molecule has 0 aliphatic carbocycles. The second-order valence-electron chi connectivity index (χ2n) is 6.74. The van der Waals surface area contributed by atoms with E-state index in [-0.39, 0.29) is 22.6 Å². The second kappa shape index (κ2) is 8.83. The Morgan fingerprint density at radius 3 is 1.88 bits per heavy atom. The van der Waals surface area contributed by atoms with E-state index in [9.17, 15) is 13.2 Å². The van der Waals surface area contributed by atoms with Gasteiger partial charge in [0.25, 0.3) is 0 Å². The van der Waals surface area contributed by atoms with Gasteiger partial charge < -0.3 is 5.32 Å². The van der Waals surface area contributed by atoms with Gasteiger partial charge in [0.2, 0.25) is 15.9 Å². The van der Waals surface area contributed by atoms with Crippen molar-refractivity contribution in [1.82, 2.24) is 4.31 Å². The maximum Gasteiger partial charge on any atom is 0.243 e. The van der Waals surface area contributed by atoms with Gasteiger partial charge in [-0.05, 0) is 43.0 Å². The number of hydrogen-bond donors (Lipinski definition) is 1. The van der Waals surface area contributed by atoms with Crippen molar-refractivity contribution in [2.45, 2.75) is 44.9 Å². The molecule has 0 radical (unpaired) electrons. The third kappa shape index (κ3) is 6.07. The average molecular weight is 375 g/mol. The van der Waals surface area contributed by atoms with Crippen LogP contribution in [0.4, 0.5) is 5.69 Å². The van der Waals surface area contributed by atoms with Gasteiger partial charge in [0, 0.05) is 18.8 Å². The Hall–Kier alpha value is -1.11. The summed E-state index contributed by atoms with van der Waals surface area (Å²) in [6, 6.07) is 6.18. The van der Waals surface area contributed by atoms with E-state index >= 15 is 0 Å². The summed E-state index contributed by atoms with van der Waals surface area (Å²) in [5.74, 6) is 0.151. The number of rotatable bonds is 8. The summed E-state index contributed by atoms with van der Waals surface area (Å²) < 4.78 is 27.2. The molecule has 0 spiro atoms. The van der Waals surface area contributed by atoms with E-state index in [0.717, 1.165) is 0 Å². The van der Waals surface area contributed by atoms with Crippen LogP contribution in [0.15, 0.2) is 29.2 Å². The third-order valence-corrected chi connectivity index (χ3v) is 5.30. The number of hydrogen-bond acceptors (Lipinski definition) is 3. The number of benzene rings is 1. The number of nitrogens with zero attached hydrogens (tertiary/aromatic N) is 1. The van der Waals surface area contributed by atoms with Gasteiger partial charge >= 0.3 is 0 Å². The lowest BCUT2D eigenvalue weighted by Crippen LogP contribution is -2.37. The highest BCUT2D eigenvalue weighted by molar-refractivity contribution is 7.89. The Morgan fingerprint density at radius 1 is 1.04 bits per heavy atom. The largest absolute Gasteiger partial charge is 0.325 e. The van der Waals surface area contributed by atoms with Gasteiger partial charge in [-0.2, -0.15) is 4.31 Å². The number of carbonyl (C=O) groups is 1. The van der Waals surface area contributed by atoms with Gasteiger partial charge in [0.15, 0.2) is 0 Å². The van der Waals surface area contributed by atoms with E-state index in [1.165, 1.54) is 16.4 Å². The molecule has 0 fully saturated rings. The Balaban J connectivity index is 3.01.